The molecule has 116 valence electrons. The van der Waals surface area contributed by atoms with Gasteiger partial charge < -0.3 is 10.4 Å². The van der Waals surface area contributed by atoms with Gasteiger partial charge in [0.05, 0.1) is 0 Å². The van der Waals surface area contributed by atoms with E-state index >= 15 is 0 Å². The molecule has 0 saturated heterocycles. The predicted molar refractivity (Wildman–Crippen MR) is 83.6 cm³/mol. The van der Waals surface area contributed by atoms with Crippen LogP contribution in [0.2, 0.25) is 0 Å². The van der Waals surface area contributed by atoms with Crippen molar-refractivity contribution in [3.63, 3.8) is 0 Å². The third kappa shape index (κ3) is 2.23. The van der Waals surface area contributed by atoms with Gasteiger partial charge in [0.1, 0.15) is 0 Å². The van der Waals surface area contributed by atoms with Crippen molar-refractivity contribution in [1.82, 2.24) is 5.32 Å². The highest BCUT2D eigenvalue weighted by Gasteiger charge is 2.59. The fourth-order valence-electron chi connectivity index (χ4n) is 5.82. The Bertz CT molecular complexity index is 354. The normalized spacial score (nSPS) is 42.0. The molecule has 2 heteroatoms. The van der Waals surface area contributed by atoms with Gasteiger partial charge in [0.2, 0.25) is 0 Å². The topological polar surface area (TPSA) is 32.3 Å². The SMILES string of the molecule is CC1(C)C(NCC2(CO)CCCCC2)[C@]2(C)CC[C@H]1C2. The average molecular weight is 279 g/mol. The van der Waals surface area contributed by atoms with E-state index in [1.165, 1.54) is 51.4 Å². The molecule has 0 amide bonds. The van der Waals surface area contributed by atoms with Crippen molar-refractivity contribution in [2.75, 3.05) is 13.2 Å². The van der Waals surface area contributed by atoms with Gasteiger partial charge in [-0.2, -0.15) is 0 Å². The van der Waals surface area contributed by atoms with Crippen LogP contribution in [0.25, 0.3) is 0 Å². The zero-order chi connectivity index (χ0) is 14.4. The number of fused-ring (bicyclic) bond motifs is 2. The lowest BCUT2D eigenvalue weighted by atomic mass is 9.67. The molecule has 0 aliphatic heterocycles. The molecule has 0 aromatic carbocycles. The Morgan fingerprint density at radius 2 is 1.75 bits per heavy atom. The van der Waals surface area contributed by atoms with Gasteiger partial charge in [-0.3, -0.25) is 0 Å². The van der Waals surface area contributed by atoms with E-state index in [-0.39, 0.29) is 5.41 Å². The summed E-state index contributed by atoms with van der Waals surface area (Å²) in [7, 11) is 0. The van der Waals surface area contributed by atoms with Crippen LogP contribution in [0.1, 0.15) is 72.1 Å². The Kier molecular flexibility index (Phi) is 3.70. The Hall–Kier alpha value is -0.0800. The summed E-state index contributed by atoms with van der Waals surface area (Å²) in [5.41, 5.74) is 1.10. The van der Waals surface area contributed by atoms with Crippen LogP contribution in [0.4, 0.5) is 0 Å². The first-order chi connectivity index (χ1) is 9.42. The number of aliphatic hydroxyl groups excluding tert-OH is 1. The third-order valence-electron chi connectivity index (χ3n) is 7.20. The summed E-state index contributed by atoms with van der Waals surface area (Å²) < 4.78 is 0. The maximum atomic E-state index is 9.90. The van der Waals surface area contributed by atoms with Crippen LogP contribution in [0.3, 0.4) is 0 Å². The van der Waals surface area contributed by atoms with Crippen molar-refractivity contribution in [3.8, 4) is 0 Å². The van der Waals surface area contributed by atoms with E-state index in [0.29, 0.717) is 23.5 Å². The van der Waals surface area contributed by atoms with Gasteiger partial charge in [-0.05, 0) is 48.9 Å². The monoisotopic (exact) mass is 279 g/mol. The standard InChI is InChI=1S/C18H33NO/c1-16(2)14-7-10-17(3,11-14)15(16)19-12-18(13-20)8-5-4-6-9-18/h14-15,19-20H,4-13H2,1-3H3/t14-,15?,17+/m0/s1. The summed E-state index contributed by atoms with van der Waals surface area (Å²) in [5.74, 6) is 0.904. The molecule has 3 aliphatic carbocycles. The first-order valence-corrected chi connectivity index (χ1v) is 8.76. The van der Waals surface area contributed by atoms with Gasteiger partial charge in [-0.15, -0.1) is 0 Å². The second kappa shape index (κ2) is 4.98. The smallest absolute Gasteiger partial charge is 0.0499 e. The van der Waals surface area contributed by atoms with Gasteiger partial charge >= 0.3 is 0 Å². The van der Waals surface area contributed by atoms with Crippen molar-refractivity contribution >= 4 is 0 Å². The number of aliphatic hydroxyl groups is 1. The summed E-state index contributed by atoms with van der Waals surface area (Å²) in [6.07, 6.45) is 10.6. The highest BCUT2D eigenvalue weighted by atomic mass is 16.3. The van der Waals surface area contributed by atoms with Crippen LogP contribution >= 0.6 is 0 Å². The summed E-state index contributed by atoms with van der Waals surface area (Å²) in [6, 6.07) is 0.638. The van der Waals surface area contributed by atoms with Gasteiger partial charge in [0.15, 0.2) is 0 Å². The summed E-state index contributed by atoms with van der Waals surface area (Å²) >= 11 is 0. The number of rotatable bonds is 4. The number of hydrogen-bond acceptors (Lipinski definition) is 2. The van der Waals surface area contributed by atoms with Crippen LogP contribution in [0.15, 0.2) is 0 Å². The number of nitrogens with one attached hydrogen (secondary N) is 1. The lowest BCUT2D eigenvalue weighted by Crippen LogP contribution is -2.54. The summed E-state index contributed by atoms with van der Waals surface area (Å²) in [4.78, 5) is 0. The van der Waals surface area contributed by atoms with Crippen molar-refractivity contribution in [3.05, 3.63) is 0 Å². The van der Waals surface area contributed by atoms with E-state index in [9.17, 15) is 5.11 Å². The van der Waals surface area contributed by atoms with Crippen LogP contribution in [0, 0.1) is 22.2 Å². The minimum absolute atomic E-state index is 0.173. The first kappa shape index (κ1) is 14.8. The maximum absolute atomic E-state index is 9.90. The van der Waals surface area contributed by atoms with Crippen molar-refractivity contribution in [2.24, 2.45) is 22.2 Å². The molecule has 3 rings (SSSR count). The molecule has 0 aromatic rings. The van der Waals surface area contributed by atoms with Crippen LogP contribution in [-0.2, 0) is 0 Å². The van der Waals surface area contributed by atoms with E-state index in [2.05, 4.69) is 26.1 Å². The molecule has 0 heterocycles. The predicted octanol–water partition coefficient (Wildman–Crippen LogP) is 3.73. The zero-order valence-electron chi connectivity index (χ0n) is 13.7. The van der Waals surface area contributed by atoms with Gasteiger partial charge in [0.25, 0.3) is 0 Å². The molecule has 2 N–H and O–H groups in total. The molecule has 3 saturated carbocycles. The summed E-state index contributed by atoms with van der Waals surface area (Å²) in [6.45, 7) is 8.82. The lowest BCUT2D eigenvalue weighted by Gasteiger charge is -2.46. The second-order valence-electron chi connectivity index (χ2n) is 8.95. The average Bonchev–Trinajstić information content (AvgIpc) is 2.90. The molecular formula is C18H33NO. The molecule has 20 heavy (non-hydrogen) atoms. The van der Waals surface area contributed by atoms with E-state index < -0.39 is 0 Å². The molecule has 3 atom stereocenters. The summed E-state index contributed by atoms with van der Waals surface area (Å²) in [5, 5.41) is 13.8. The molecule has 0 spiro atoms. The molecule has 3 aliphatic rings. The Balaban J connectivity index is 1.68. The lowest BCUT2D eigenvalue weighted by molar-refractivity contribution is 0.0499. The molecule has 2 nitrogen and oxygen atoms in total. The molecule has 0 aromatic heterocycles. The van der Waals surface area contributed by atoms with Gasteiger partial charge in [-0.1, -0.05) is 40.0 Å². The van der Waals surface area contributed by atoms with Crippen molar-refractivity contribution < 1.29 is 5.11 Å². The molecule has 1 unspecified atom stereocenters. The highest BCUT2D eigenvalue weighted by molar-refractivity contribution is 5.12. The molecule has 2 bridgehead atoms. The Morgan fingerprint density at radius 1 is 1.05 bits per heavy atom. The van der Waals surface area contributed by atoms with Gasteiger partial charge in [0, 0.05) is 24.6 Å². The fourth-order valence-corrected chi connectivity index (χ4v) is 5.82. The maximum Gasteiger partial charge on any atom is 0.0499 e. The Morgan fingerprint density at radius 3 is 2.30 bits per heavy atom. The first-order valence-electron chi connectivity index (χ1n) is 8.76. The zero-order valence-corrected chi connectivity index (χ0v) is 13.7. The number of hydrogen-bond donors (Lipinski definition) is 2. The van der Waals surface area contributed by atoms with Crippen LogP contribution in [-0.4, -0.2) is 24.3 Å². The van der Waals surface area contributed by atoms with E-state index in [1.807, 2.05) is 0 Å². The van der Waals surface area contributed by atoms with Crippen molar-refractivity contribution in [1.29, 1.82) is 0 Å². The minimum Gasteiger partial charge on any atom is -0.396 e. The van der Waals surface area contributed by atoms with Crippen molar-refractivity contribution in [2.45, 2.75) is 78.2 Å². The van der Waals surface area contributed by atoms with Crippen LogP contribution in [0.5, 0.6) is 0 Å². The largest absolute Gasteiger partial charge is 0.396 e. The molecule has 0 radical (unpaired) electrons. The van der Waals surface area contributed by atoms with Crippen LogP contribution < -0.4 is 5.32 Å². The van der Waals surface area contributed by atoms with Gasteiger partial charge in [-0.25, -0.2) is 0 Å². The van der Waals surface area contributed by atoms with E-state index in [4.69, 9.17) is 0 Å². The quantitative estimate of drug-likeness (QED) is 0.822. The highest BCUT2D eigenvalue weighted by Crippen LogP contribution is 2.62. The van der Waals surface area contributed by atoms with E-state index in [0.717, 1.165) is 12.5 Å². The molecular weight excluding hydrogens is 246 g/mol. The van der Waals surface area contributed by atoms with E-state index in [1.54, 1.807) is 0 Å². The minimum atomic E-state index is 0.173. The molecule has 3 fully saturated rings. The second-order valence-corrected chi connectivity index (χ2v) is 8.95. The third-order valence-corrected chi connectivity index (χ3v) is 7.20. The Labute approximate surface area is 124 Å². The fraction of sp³-hybridized carbons (Fsp3) is 1.00.